The number of alkyl halides is 3. The van der Waals surface area contributed by atoms with Crippen molar-refractivity contribution in [2.75, 3.05) is 44.4 Å². The Hall–Kier alpha value is -4.02. The highest BCUT2D eigenvalue weighted by Crippen LogP contribution is 2.44. The number of benzene rings is 1. The lowest BCUT2D eigenvalue weighted by Crippen LogP contribution is -2.29. The molecule has 7 rings (SSSR count). The number of carbonyl (C=O) groups is 1. The summed E-state index contributed by atoms with van der Waals surface area (Å²) in [4.78, 5) is 25.4. The topological polar surface area (TPSA) is 124 Å². The van der Waals surface area contributed by atoms with Gasteiger partial charge in [-0.3, -0.25) is 14.4 Å². The number of nitrogens with two attached hydrogens (primary N) is 1. The zero-order chi connectivity index (χ0) is 36.8. The number of rotatable bonds is 4. The zero-order valence-electron chi connectivity index (χ0n) is 28.8. The third-order valence-electron chi connectivity index (χ3n) is 9.91. The van der Waals surface area contributed by atoms with E-state index in [9.17, 15) is 22.4 Å². The maximum absolute atomic E-state index is 15.1. The van der Waals surface area contributed by atoms with Crippen molar-refractivity contribution in [1.82, 2.24) is 30.0 Å². The van der Waals surface area contributed by atoms with Crippen molar-refractivity contribution in [3.63, 3.8) is 0 Å². The molecule has 0 spiro atoms. The minimum Gasteiger partial charge on any atom is -0.467 e. The quantitative estimate of drug-likeness (QED) is 0.243. The van der Waals surface area contributed by atoms with Gasteiger partial charge in [0.25, 0.3) is 5.91 Å². The summed E-state index contributed by atoms with van der Waals surface area (Å²) in [6.07, 6.45) is -2.09. The summed E-state index contributed by atoms with van der Waals surface area (Å²) in [6.45, 7) is 5.96. The number of hydrogen-bond acceptors (Lipinski definition) is 9. The predicted octanol–water partition coefficient (Wildman–Crippen LogP) is 6.07. The van der Waals surface area contributed by atoms with E-state index in [1.165, 1.54) is 40.5 Å². The van der Waals surface area contributed by atoms with Crippen LogP contribution in [0.25, 0.3) is 0 Å². The molecule has 1 amide bonds. The number of allylic oxidation sites excluding steroid dienone is 1. The van der Waals surface area contributed by atoms with Gasteiger partial charge in [0.15, 0.2) is 11.5 Å². The van der Waals surface area contributed by atoms with Crippen LogP contribution in [0.2, 0.25) is 5.02 Å². The van der Waals surface area contributed by atoms with Gasteiger partial charge in [0.1, 0.15) is 5.82 Å². The highest BCUT2D eigenvalue weighted by atomic mass is 35.5. The summed E-state index contributed by atoms with van der Waals surface area (Å²) in [5, 5.41) is 7.08. The normalized spacial score (nSPS) is 21.3. The molecule has 2 saturated heterocycles. The number of amides is 1. The molecule has 2 unspecified atom stereocenters. The van der Waals surface area contributed by atoms with Crippen LogP contribution in [-0.4, -0.2) is 70.4 Å². The van der Waals surface area contributed by atoms with Gasteiger partial charge in [0, 0.05) is 50.3 Å². The number of ether oxygens (including phenoxy) is 2. The molecular weight excluding hydrogens is 699 g/mol. The molecule has 4 aliphatic heterocycles. The fourth-order valence-corrected chi connectivity index (χ4v) is 7.68. The molecule has 6 heterocycles. The smallest absolute Gasteiger partial charge is 0.417 e. The van der Waals surface area contributed by atoms with E-state index in [2.05, 4.69) is 25.3 Å². The molecule has 2 atom stereocenters. The van der Waals surface area contributed by atoms with Gasteiger partial charge in [0.05, 0.1) is 59.9 Å². The second-order valence-corrected chi connectivity index (χ2v) is 13.5. The maximum atomic E-state index is 15.1. The monoisotopic (exact) mass is 738 g/mol. The summed E-state index contributed by atoms with van der Waals surface area (Å²) in [6, 6.07) is 1.63. The van der Waals surface area contributed by atoms with Crippen LogP contribution in [0.1, 0.15) is 82.8 Å². The number of nitrogens with one attached hydrogen (secondary N) is 1. The molecule has 0 aliphatic carbocycles. The Bertz CT molecular complexity index is 1850. The lowest BCUT2D eigenvalue weighted by molar-refractivity contribution is -0.140. The Kier molecular flexibility index (Phi) is 10.5. The minimum absolute atomic E-state index is 0.00965. The van der Waals surface area contributed by atoms with Crippen molar-refractivity contribution in [1.29, 1.82) is 0 Å². The molecule has 51 heavy (non-hydrogen) atoms. The van der Waals surface area contributed by atoms with Crippen LogP contribution in [0, 0.1) is 12.7 Å². The maximum Gasteiger partial charge on any atom is 0.417 e. The first-order valence-corrected chi connectivity index (χ1v) is 17.1. The van der Waals surface area contributed by atoms with Gasteiger partial charge in [-0.2, -0.15) is 28.2 Å². The van der Waals surface area contributed by atoms with E-state index in [0.717, 1.165) is 24.6 Å². The van der Waals surface area contributed by atoms with Gasteiger partial charge in [0.2, 0.25) is 0 Å². The fourth-order valence-electron chi connectivity index (χ4n) is 7.40. The van der Waals surface area contributed by atoms with E-state index in [4.69, 9.17) is 26.8 Å². The van der Waals surface area contributed by atoms with E-state index in [0.29, 0.717) is 48.3 Å². The number of anilines is 2. The number of methoxy groups -OCH3 is 1. The molecule has 276 valence electrons. The van der Waals surface area contributed by atoms with Crippen molar-refractivity contribution in [3.8, 4) is 6.01 Å². The molecule has 4 aliphatic rings. The summed E-state index contributed by atoms with van der Waals surface area (Å²) in [7, 11) is 2.85. The fraction of sp³-hybridized carbons (Fsp3) is 0.529. The third kappa shape index (κ3) is 7.22. The lowest BCUT2D eigenvalue weighted by Gasteiger charge is -2.32. The minimum atomic E-state index is -4.83. The molecular formula is C34H40ClF5N8O3. The number of hydrogen-bond donors (Lipinski definition) is 2. The highest BCUT2D eigenvalue weighted by molar-refractivity contribution is 6.34. The molecule has 0 bridgehead atoms. The first-order chi connectivity index (χ1) is 24.2. The van der Waals surface area contributed by atoms with Crippen molar-refractivity contribution in [2.45, 2.75) is 84.0 Å². The number of carbonyl (C=O) groups excluding carboxylic acids is 1. The van der Waals surface area contributed by atoms with Gasteiger partial charge in [-0.05, 0) is 63.3 Å². The van der Waals surface area contributed by atoms with Gasteiger partial charge >= 0.3 is 12.2 Å². The summed E-state index contributed by atoms with van der Waals surface area (Å²) in [5.41, 5.74) is 5.97. The van der Waals surface area contributed by atoms with E-state index < -0.39 is 40.8 Å². The zero-order valence-corrected chi connectivity index (χ0v) is 29.5. The summed E-state index contributed by atoms with van der Waals surface area (Å²) < 4.78 is 82.8. The van der Waals surface area contributed by atoms with Gasteiger partial charge in [-0.15, -0.1) is 0 Å². The average molecular weight is 739 g/mol. The average Bonchev–Trinajstić information content (AvgIpc) is 3.74. The molecule has 1 aromatic carbocycles. The van der Waals surface area contributed by atoms with Crippen LogP contribution in [0.3, 0.4) is 0 Å². The molecule has 0 saturated carbocycles. The first kappa shape index (κ1) is 36.8. The Balaban J connectivity index is 0.000000344. The molecule has 11 nitrogen and oxygen atoms in total. The van der Waals surface area contributed by atoms with Crippen LogP contribution < -0.4 is 20.7 Å². The van der Waals surface area contributed by atoms with Crippen LogP contribution in [0.4, 0.5) is 33.5 Å². The van der Waals surface area contributed by atoms with Crippen molar-refractivity contribution in [3.05, 3.63) is 67.6 Å². The van der Waals surface area contributed by atoms with Crippen molar-refractivity contribution in [2.24, 2.45) is 0 Å². The lowest BCUT2D eigenvalue weighted by atomic mass is 9.91. The molecule has 2 fully saturated rings. The molecule has 0 radical (unpaired) electrons. The summed E-state index contributed by atoms with van der Waals surface area (Å²) in [5.74, 6) is -1.10. The number of nitrogen functional groups attached to an aromatic ring is 1. The third-order valence-corrected chi connectivity index (χ3v) is 10.3. The molecule has 2 aromatic heterocycles. The van der Waals surface area contributed by atoms with Crippen molar-refractivity contribution < 1.29 is 36.2 Å². The molecule has 17 heteroatoms. The van der Waals surface area contributed by atoms with E-state index >= 15 is 4.39 Å². The Morgan fingerprint density at radius 2 is 1.92 bits per heavy atom. The van der Waals surface area contributed by atoms with E-state index in [1.54, 1.807) is 11.6 Å². The highest BCUT2D eigenvalue weighted by Gasteiger charge is 2.42. The van der Waals surface area contributed by atoms with Crippen LogP contribution in [-0.2, 0) is 37.0 Å². The van der Waals surface area contributed by atoms with Crippen LogP contribution >= 0.6 is 11.6 Å². The first-order valence-electron chi connectivity index (χ1n) is 16.7. The SMILES string of the molecule is C/C(F)=C1/CC2CCCN2C1.CNC(=O)c1nn2c(c1Cl)CN(c1nc(OC)nc3c1COC(c1c(F)c(N)cc(C)c1C(F)(F)F)C3)CCC2. The molecule has 3 N–H and O–H groups in total. The van der Waals surface area contributed by atoms with Crippen LogP contribution in [0.5, 0.6) is 6.01 Å². The molecule has 3 aromatic rings. The Morgan fingerprint density at radius 1 is 1.16 bits per heavy atom. The number of aromatic nitrogens is 4. The second-order valence-electron chi connectivity index (χ2n) is 13.1. The van der Waals surface area contributed by atoms with E-state index in [-0.39, 0.29) is 47.7 Å². The van der Waals surface area contributed by atoms with Gasteiger partial charge in [-0.1, -0.05) is 11.6 Å². The van der Waals surface area contributed by atoms with Crippen LogP contribution in [0.15, 0.2) is 17.5 Å². The number of aryl methyl sites for hydroxylation is 2. The summed E-state index contributed by atoms with van der Waals surface area (Å²) >= 11 is 6.53. The Morgan fingerprint density at radius 3 is 2.59 bits per heavy atom. The number of halogens is 6. The van der Waals surface area contributed by atoms with E-state index in [1.807, 2.05) is 4.90 Å². The Labute approximate surface area is 296 Å². The predicted molar refractivity (Wildman–Crippen MR) is 180 cm³/mol. The second kappa shape index (κ2) is 14.5. The van der Waals surface area contributed by atoms with Gasteiger partial charge in [-0.25, -0.2) is 8.78 Å². The number of nitrogens with zero attached hydrogens (tertiary/aromatic N) is 6. The van der Waals surface area contributed by atoms with Gasteiger partial charge < -0.3 is 25.4 Å². The number of fused-ring (bicyclic) bond motifs is 3. The van der Waals surface area contributed by atoms with Crippen molar-refractivity contribution >= 4 is 29.0 Å². The standard InChI is InChI=1S/C25H26ClF4N7O3.C9H14FN/c1-11-7-13(31)20(27)17(18(11)25(28,29)30)16-8-14-12(10-40-16)22(34-24(33-14)39-3)36-5-4-6-37-15(9-36)19(26)21(35-37)23(38)32-2;1-7(10)8-5-9-3-2-4-11(9)6-8/h7,16H,4-6,8-10,31H2,1-3H3,(H,32,38);9H,2-6H2,1H3/b;8-7+. The largest absolute Gasteiger partial charge is 0.467 e.